The number of hydrogen-bond acceptors (Lipinski definition) is 7. The lowest BCUT2D eigenvalue weighted by Gasteiger charge is -2.28. The molecule has 2 atom stereocenters. The van der Waals surface area contributed by atoms with Gasteiger partial charge < -0.3 is 27.9 Å². The number of nitrogens with zero attached hydrogens (tertiary/aromatic N) is 1. The van der Waals surface area contributed by atoms with Crippen LogP contribution >= 0.6 is 7.82 Å². The van der Waals surface area contributed by atoms with Gasteiger partial charge in [0.15, 0.2) is 0 Å². The molecule has 0 aromatic heterocycles. The third kappa shape index (κ3) is 37.8. The third-order valence-corrected chi connectivity index (χ3v) is 9.17. The summed E-state index contributed by atoms with van der Waals surface area (Å²) < 4.78 is 34.4. The molecule has 0 spiro atoms. The van der Waals surface area contributed by atoms with E-state index >= 15 is 0 Å². The fourth-order valence-electron chi connectivity index (χ4n) is 5.15. The zero-order chi connectivity index (χ0) is 36.3. The predicted octanol–water partition coefficient (Wildman–Crippen LogP) is 10.4. The van der Waals surface area contributed by atoms with Gasteiger partial charge in [-0.05, 0) is 44.9 Å². The molecule has 9 heteroatoms. The van der Waals surface area contributed by atoms with E-state index < -0.39 is 13.9 Å². The van der Waals surface area contributed by atoms with Gasteiger partial charge in [-0.3, -0.25) is 9.36 Å². The van der Waals surface area contributed by atoms with Crippen LogP contribution in [0.3, 0.4) is 0 Å². The molecule has 0 radical (unpaired) electrons. The van der Waals surface area contributed by atoms with Crippen molar-refractivity contribution in [3.8, 4) is 0 Å². The summed E-state index contributed by atoms with van der Waals surface area (Å²) in [5.74, 6) is -0.363. The van der Waals surface area contributed by atoms with E-state index in [0.717, 1.165) is 57.8 Å². The van der Waals surface area contributed by atoms with Crippen molar-refractivity contribution in [1.29, 1.82) is 0 Å². The molecule has 0 amide bonds. The Bertz CT molecular complexity index is 884. The lowest BCUT2D eigenvalue weighted by Crippen LogP contribution is -2.37. The van der Waals surface area contributed by atoms with Gasteiger partial charge in [0.25, 0.3) is 7.82 Å². The first-order valence-electron chi connectivity index (χ1n) is 19.7. The summed E-state index contributed by atoms with van der Waals surface area (Å²) >= 11 is 0. The maximum Gasteiger partial charge on any atom is 0.306 e. The summed E-state index contributed by atoms with van der Waals surface area (Å²) in [6, 6.07) is 0. The molecule has 0 rings (SSSR count). The first-order valence-corrected chi connectivity index (χ1v) is 21.2. The van der Waals surface area contributed by atoms with Gasteiger partial charge in [-0.1, -0.05) is 140 Å². The van der Waals surface area contributed by atoms with Crippen molar-refractivity contribution in [2.75, 3.05) is 54.1 Å². The van der Waals surface area contributed by atoms with Gasteiger partial charge in [-0.2, -0.15) is 0 Å². The number of phosphoric acid groups is 1. The Hall–Kier alpha value is -1.28. The molecule has 0 N–H and O–H groups in total. The van der Waals surface area contributed by atoms with Gasteiger partial charge in [0.05, 0.1) is 34.4 Å². The number of carbonyl (C=O) groups is 1. The second-order valence-corrected chi connectivity index (χ2v) is 15.7. The number of phosphoric ester groups is 1. The smallest absolute Gasteiger partial charge is 0.306 e. The molecule has 288 valence electrons. The monoisotopic (exact) mass is 714 g/mol. The van der Waals surface area contributed by atoms with Crippen LogP contribution in [0.4, 0.5) is 0 Å². The van der Waals surface area contributed by atoms with E-state index in [2.05, 4.69) is 50.3 Å². The molecule has 0 saturated heterocycles. The van der Waals surface area contributed by atoms with Crippen LogP contribution in [0.2, 0.25) is 0 Å². The van der Waals surface area contributed by atoms with E-state index in [1.807, 2.05) is 21.1 Å². The number of quaternary nitrogens is 1. The predicted molar refractivity (Wildman–Crippen MR) is 203 cm³/mol. The van der Waals surface area contributed by atoms with E-state index in [1.54, 1.807) is 0 Å². The highest BCUT2D eigenvalue weighted by molar-refractivity contribution is 7.45. The largest absolute Gasteiger partial charge is 0.756 e. The summed E-state index contributed by atoms with van der Waals surface area (Å²) in [6.07, 6.45) is 37.2. The van der Waals surface area contributed by atoms with Gasteiger partial charge in [0.1, 0.15) is 19.3 Å². The van der Waals surface area contributed by atoms with Crippen LogP contribution in [0.5, 0.6) is 0 Å². The SMILES string of the molecule is CC/C=C\C/C=C\C/C=C\CCCCCC(=O)OC(COCCCCCCCCCCCCCCCC)COP(=O)([O-])OCC[N+](C)(C)C. The number of carbonyl (C=O) groups excluding carboxylic acids is 1. The number of esters is 1. The lowest BCUT2D eigenvalue weighted by atomic mass is 10.0. The van der Waals surface area contributed by atoms with Crippen molar-refractivity contribution in [1.82, 2.24) is 0 Å². The second kappa shape index (κ2) is 33.8. The summed E-state index contributed by atoms with van der Waals surface area (Å²) in [6.45, 7) is 5.26. The van der Waals surface area contributed by atoms with E-state index in [1.165, 1.54) is 77.0 Å². The lowest BCUT2D eigenvalue weighted by molar-refractivity contribution is -0.870. The molecule has 8 nitrogen and oxygen atoms in total. The van der Waals surface area contributed by atoms with Gasteiger partial charge in [0.2, 0.25) is 0 Å². The van der Waals surface area contributed by atoms with E-state index in [4.69, 9.17) is 18.5 Å². The molecule has 2 unspecified atom stereocenters. The van der Waals surface area contributed by atoms with Crippen LogP contribution in [0, 0.1) is 0 Å². The normalized spacial score (nSPS) is 14.3. The van der Waals surface area contributed by atoms with Crippen molar-refractivity contribution < 1.29 is 37.3 Å². The first-order chi connectivity index (χ1) is 23.6. The maximum atomic E-state index is 12.6. The van der Waals surface area contributed by atoms with Crippen molar-refractivity contribution in [2.24, 2.45) is 0 Å². The summed E-state index contributed by atoms with van der Waals surface area (Å²) in [5.41, 5.74) is 0. The number of rotatable bonds is 36. The van der Waals surface area contributed by atoms with Crippen molar-refractivity contribution in [3.63, 3.8) is 0 Å². The quantitative estimate of drug-likeness (QED) is 0.0210. The Morgan fingerprint density at radius 1 is 0.653 bits per heavy atom. The Balaban J connectivity index is 4.33. The average Bonchev–Trinajstić information content (AvgIpc) is 3.04. The average molecular weight is 714 g/mol. The molecule has 0 aromatic rings. The van der Waals surface area contributed by atoms with Gasteiger partial charge in [0, 0.05) is 13.0 Å². The van der Waals surface area contributed by atoms with Gasteiger partial charge >= 0.3 is 5.97 Å². The molecule has 0 heterocycles. The zero-order valence-electron chi connectivity index (χ0n) is 32.4. The standard InChI is InChI=1S/C40H76NO7P/c1-6-8-10-12-14-16-18-20-22-24-26-28-30-32-35-45-37-39(38-47-49(43,44)46-36-34-41(3,4)5)48-40(42)33-31-29-27-25-23-21-19-17-15-13-11-9-7-2/h9,11,15,17,21,23,39H,6-8,10,12-14,16,18-20,22,24-38H2,1-5H3/b11-9-,17-15-,23-21-. The fourth-order valence-corrected chi connectivity index (χ4v) is 5.88. The van der Waals surface area contributed by atoms with Crippen LogP contribution in [0.1, 0.15) is 155 Å². The minimum absolute atomic E-state index is 0.0207. The molecule has 0 aliphatic carbocycles. The summed E-state index contributed by atoms with van der Waals surface area (Å²) in [7, 11) is 1.34. The summed E-state index contributed by atoms with van der Waals surface area (Å²) in [4.78, 5) is 24.9. The van der Waals surface area contributed by atoms with E-state index in [-0.39, 0.29) is 32.2 Å². The van der Waals surface area contributed by atoms with E-state index in [0.29, 0.717) is 17.6 Å². The number of allylic oxidation sites excluding steroid dienone is 6. The Morgan fingerprint density at radius 3 is 1.76 bits per heavy atom. The molecular formula is C40H76NO7P. The minimum Gasteiger partial charge on any atom is -0.756 e. The number of unbranched alkanes of at least 4 members (excludes halogenated alkanes) is 16. The molecule has 0 saturated carbocycles. The van der Waals surface area contributed by atoms with Crippen LogP contribution in [-0.4, -0.2) is 70.7 Å². The topological polar surface area (TPSA) is 94.1 Å². The molecule has 0 bridgehead atoms. The summed E-state index contributed by atoms with van der Waals surface area (Å²) in [5, 5.41) is 0. The Kier molecular flexibility index (Phi) is 33.0. The molecule has 49 heavy (non-hydrogen) atoms. The van der Waals surface area contributed by atoms with E-state index in [9.17, 15) is 14.3 Å². The van der Waals surface area contributed by atoms with Crippen molar-refractivity contribution in [2.45, 2.75) is 161 Å². The second-order valence-electron chi connectivity index (χ2n) is 14.3. The number of likely N-dealkylation sites (N-methyl/N-ethyl adjacent to an activating group) is 1. The first kappa shape index (κ1) is 47.7. The zero-order valence-corrected chi connectivity index (χ0v) is 33.3. The number of ether oxygens (including phenoxy) is 2. The van der Waals surface area contributed by atoms with Gasteiger partial charge in [-0.25, -0.2) is 0 Å². The van der Waals surface area contributed by atoms with Crippen LogP contribution in [0.25, 0.3) is 0 Å². The highest BCUT2D eigenvalue weighted by atomic mass is 31.2. The van der Waals surface area contributed by atoms with Crippen LogP contribution < -0.4 is 4.89 Å². The highest BCUT2D eigenvalue weighted by Crippen LogP contribution is 2.38. The Labute approximate surface area is 302 Å². The highest BCUT2D eigenvalue weighted by Gasteiger charge is 2.20. The molecule has 0 aliphatic heterocycles. The fraction of sp³-hybridized carbons (Fsp3) is 0.825. The van der Waals surface area contributed by atoms with Crippen LogP contribution in [0.15, 0.2) is 36.5 Å². The third-order valence-electron chi connectivity index (χ3n) is 8.21. The van der Waals surface area contributed by atoms with Crippen LogP contribution in [-0.2, 0) is 27.9 Å². The minimum atomic E-state index is -4.52. The Morgan fingerprint density at radius 2 is 1.18 bits per heavy atom. The van der Waals surface area contributed by atoms with Gasteiger partial charge in [-0.15, -0.1) is 0 Å². The molecule has 0 fully saturated rings. The maximum absolute atomic E-state index is 12.6. The molecule has 0 aliphatic rings. The molecule has 0 aromatic carbocycles. The van der Waals surface area contributed by atoms with Crippen molar-refractivity contribution >= 4 is 13.8 Å². The number of hydrogen-bond donors (Lipinski definition) is 0. The molecular weight excluding hydrogens is 637 g/mol. The van der Waals surface area contributed by atoms with Crippen molar-refractivity contribution in [3.05, 3.63) is 36.5 Å².